The number of carbonyl (C=O) groups excluding carboxylic acids is 2. The van der Waals surface area contributed by atoms with E-state index in [1.807, 2.05) is 0 Å². The fourth-order valence-corrected chi connectivity index (χ4v) is 2.22. The lowest BCUT2D eigenvalue weighted by atomic mass is 10.1. The minimum Gasteiger partial charge on any atom is -0.449 e. The molecule has 0 unspecified atom stereocenters. The molecule has 0 fully saturated rings. The molecule has 0 aromatic heterocycles. The standard InChI is InChI=1S/C18H15ClF3NO4/c1-10(27-17(26)12-4-2-11(9-24)3-5-12)16(25)23-15-8-13(18(20,21)22)6-7-14(15)19/h2-8,10,24H,9H2,1H3,(H,23,25)/t10-/m1/s1. The second-order valence-corrected chi connectivity index (χ2v) is 5.99. The Kier molecular flexibility index (Phi) is 6.45. The number of esters is 1. The Morgan fingerprint density at radius 3 is 2.37 bits per heavy atom. The first-order valence-corrected chi connectivity index (χ1v) is 8.08. The summed E-state index contributed by atoms with van der Waals surface area (Å²) in [4.78, 5) is 24.2. The topological polar surface area (TPSA) is 75.6 Å². The fourth-order valence-electron chi connectivity index (χ4n) is 2.06. The normalized spacial score (nSPS) is 12.4. The average molecular weight is 402 g/mol. The van der Waals surface area contributed by atoms with Crippen LogP contribution in [0.4, 0.5) is 18.9 Å². The summed E-state index contributed by atoms with van der Waals surface area (Å²) in [6.07, 6.45) is -5.87. The van der Waals surface area contributed by atoms with E-state index in [-0.39, 0.29) is 22.9 Å². The quantitative estimate of drug-likeness (QED) is 0.741. The number of aliphatic hydroxyl groups excluding tert-OH is 1. The van der Waals surface area contributed by atoms with Crippen LogP contribution >= 0.6 is 11.6 Å². The van der Waals surface area contributed by atoms with Crippen molar-refractivity contribution in [2.75, 3.05) is 5.32 Å². The monoisotopic (exact) mass is 401 g/mol. The van der Waals surface area contributed by atoms with Crippen molar-refractivity contribution in [1.82, 2.24) is 0 Å². The first kappa shape index (κ1) is 20.7. The third-order valence-corrected chi connectivity index (χ3v) is 3.91. The molecule has 1 atom stereocenters. The second kappa shape index (κ2) is 8.41. The van der Waals surface area contributed by atoms with Crippen molar-refractivity contribution in [3.05, 3.63) is 64.2 Å². The van der Waals surface area contributed by atoms with Gasteiger partial charge in [0.15, 0.2) is 6.10 Å². The molecule has 0 aliphatic carbocycles. The lowest BCUT2D eigenvalue weighted by Crippen LogP contribution is -2.30. The lowest BCUT2D eigenvalue weighted by Gasteiger charge is -2.15. The maximum atomic E-state index is 12.8. The highest BCUT2D eigenvalue weighted by Crippen LogP contribution is 2.33. The molecule has 2 aromatic carbocycles. The molecule has 144 valence electrons. The Balaban J connectivity index is 2.06. The molecule has 0 radical (unpaired) electrons. The van der Waals surface area contributed by atoms with Crippen LogP contribution in [0.5, 0.6) is 0 Å². The summed E-state index contributed by atoms with van der Waals surface area (Å²) in [6, 6.07) is 8.37. The van der Waals surface area contributed by atoms with Gasteiger partial charge in [0.25, 0.3) is 5.91 Å². The number of aliphatic hydroxyl groups is 1. The number of hydrogen-bond acceptors (Lipinski definition) is 4. The smallest absolute Gasteiger partial charge is 0.416 e. The molecule has 1 amide bonds. The molecule has 0 aliphatic rings. The SMILES string of the molecule is C[C@@H](OC(=O)c1ccc(CO)cc1)C(=O)Nc1cc(C(F)(F)F)ccc1Cl. The van der Waals surface area contributed by atoms with Crippen LogP contribution in [0.2, 0.25) is 5.02 Å². The van der Waals surface area contributed by atoms with Crippen molar-refractivity contribution in [2.24, 2.45) is 0 Å². The summed E-state index contributed by atoms with van der Waals surface area (Å²) < 4.78 is 43.3. The Morgan fingerprint density at radius 2 is 1.81 bits per heavy atom. The van der Waals surface area contributed by atoms with Gasteiger partial charge in [-0.2, -0.15) is 13.2 Å². The number of ether oxygens (including phenoxy) is 1. The van der Waals surface area contributed by atoms with E-state index in [4.69, 9.17) is 21.4 Å². The van der Waals surface area contributed by atoms with Crippen LogP contribution in [0.3, 0.4) is 0 Å². The van der Waals surface area contributed by atoms with Crippen LogP contribution in [0.25, 0.3) is 0 Å². The van der Waals surface area contributed by atoms with E-state index in [1.165, 1.54) is 31.2 Å². The highest BCUT2D eigenvalue weighted by atomic mass is 35.5. The molecule has 2 N–H and O–H groups in total. The van der Waals surface area contributed by atoms with Crippen molar-refractivity contribution >= 4 is 29.2 Å². The van der Waals surface area contributed by atoms with E-state index >= 15 is 0 Å². The maximum Gasteiger partial charge on any atom is 0.416 e. The van der Waals surface area contributed by atoms with Crippen LogP contribution in [-0.4, -0.2) is 23.1 Å². The van der Waals surface area contributed by atoms with Gasteiger partial charge >= 0.3 is 12.1 Å². The molecule has 2 rings (SSSR count). The van der Waals surface area contributed by atoms with Gasteiger partial charge in [-0.15, -0.1) is 0 Å². The van der Waals surface area contributed by atoms with Gasteiger partial charge in [-0.05, 0) is 42.8 Å². The molecule has 0 saturated carbocycles. The molecule has 0 bridgehead atoms. The van der Waals surface area contributed by atoms with Gasteiger partial charge in [0.1, 0.15) is 0 Å². The van der Waals surface area contributed by atoms with Crippen molar-refractivity contribution in [3.63, 3.8) is 0 Å². The fraction of sp³-hybridized carbons (Fsp3) is 0.222. The predicted octanol–water partition coefficient (Wildman–Crippen LogP) is 4.04. The highest BCUT2D eigenvalue weighted by Gasteiger charge is 2.31. The number of nitrogens with one attached hydrogen (secondary N) is 1. The van der Waals surface area contributed by atoms with Crippen LogP contribution in [0.1, 0.15) is 28.4 Å². The van der Waals surface area contributed by atoms with E-state index in [2.05, 4.69) is 5.32 Å². The number of benzene rings is 2. The largest absolute Gasteiger partial charge is 0.449 e. The maximum absolute atomic E-state index is 12.8. The second-order valence-electron chi connectivity index (χ2n) is 5.58. The summed E-state index contributed by atoms with van der Waals surface area (Å²) in [6.45, 7) is 1.09. The molecule has 2 aromatic rings. The summed E-state index contributed by atoms with van der Waals surface area (Å²) in [5.41, 5.74) is -0.469. The molecule has 0 spiro atoms. The Morgan fingerprint density at radius 1 is 1.19 bits per heavy atom. The number of rotatable bonds is 5. The number of hydrogen-bond donors (Lipinski definition) is 2. The molecular weight excluding hydrogens is 387 g/mol. The molecule has 0 aliphatic heterocycles. The summed E-state index contributed by atoms with van der Waals surface area (Å²) in [5, 5.41) is 11.1. The zero-order valence-corrected chi connectivity index (χ0v) is 14.8. The molecule has 0 heterocycles. The van der Waals surface area contributed by atoms with E-state index in [0.29, 0.717) is 11.6 Å². The van der Waals surface area contributed by atoms with Gasteiger partial charge in [-0.3, -0.25) is 4.79 Å². The van der Waals surface area contributed by atoms with Gasteiger partial charge in [-0.25, -0.2) is 4.79 Å². The van der Waals surface area contributed by atoms with Crippen LogP contribution in [-0.2, 0) is 22.3 Å². The minimum atomic E-state index is -4.59. The number of anilines is 1. The number of amides is 1. The lowest BCUT2D eigenvalue weighted by molar-refractivity contribution is -0.137. The van der Waals surface area contributed by atoms with Gasteiger partial charge in [0.05, 0.1) is 28.4 Å². The van der Waals surface area contributed by atoms with E-state index in [9.17, 15) is 22.8 Å². The first-order chi connectivity index (χ1) is 12.6. The average Bonchev–Trinajstić information content (AvgIpc) is 2.62. The van der Waals surface area contributed by atoms with Crippen molar-refractivity contribution in [1.29, 1.82) is 0 Å². The Hall–Kier alpha value is -2.58. The highest BCUT2D eigenvalue weighted by molar-refractivity contribution is 6.33. The van der Waals surface area contributed by atoms with Crippen molar-refractivity contribution in [2.45, 2.75) is 25.8 Å². The number of alkyl halides is 3. The molecule has 9 heteroatoms. The third-order valence-electron chi connectivity index (χ3n) is 3.58. The summed E-state index contributed by atoms with van der Waals surface area (Å²) in [5.74, 6) is -1.63. The summed E-state index contributed by atoms with van der Waals surface area (Å²) >= 11 is 5.81. The molecule has 0 saturated heterocycles. The predicted molar refractivity (Wildman–Crippen MR) is 92.3 cm³/mol. The number of carbonyl (C=O) groups is 2. The van der Waals surface area contributed by atoms with Crippen molar-refractivity contribution in [3.8, 4) is 0 Å². The Bertz CT molecular complexity index is 837. The van der Waals surface area contributed by atoms with Crippen molar-refractivity contribution < 1.29 is 32.6 Å². The molecule has 5 nitrogen and oxygen atoms in total. The van der Waals surface area contributed by atoms with E-state index in [1.54, 1.807) is 0 Å². The Labute approximate surface area is 157 Å². The van der Waals surface area contributed by atoms with Crippen LogP contribution in [0.15, 0.2) is 42.5 Å². The summed E-state index contributed by atoms with van der Waals surface area (Å²) in [7, 11) is 0. The number of halogens is 4. The van der Waals surface area contributed by atoms with Gasteiger partial charge in [0.2, 0.25) is 0 Å². The van der Waals surface area contributed by atoms with Crippen LogP contribution in [0, 0.1) is 0 Å². The zero-order valence-electron chi connectivity index (χ0n) is 14.0. The van der Waals surface area contributed by atoms with Crippen LogP contribution < -0.4 is 5.32 Å². The van der Waals surface area contributed by atoms with E-state index < -0.39 is 29.7 Å². The first-order valence-electron chi connectivity index (χ1n) is 7.70. The van der Waals surface area contributed by atoms with E-state index in [0.717, 1.165) is 12.1 Å². The minimum absolute atomic E-state index is 0.0885. The molecular formula is C18H15ClF3NO4. The zero-order chi connectivity index (χ0) is 20.2. The molecule has 27 heavy (non-hydrogen) atoms. The third kappa shape index (κ3) is 5.45. The van der Waals surface area contributed by atoms with Gasteiger partial charge in [-0.1, -0.05) is 23.7 Å². The van der Waals surface area contributed by atoms with Gasteiger partial charge < -0.3 is 15.2 Å². The van der Waals surface area contributed by atoms with Gasteiger partial charge in [0, 0.05) is 0 Å².